The average Bonchev–Trinajstić information content (AvgIpc) is 2.83. The predicted molar refractivity (Wildman–Crippen MR) is 119 cm³/mol. The van der Waals surface area contributed by atoms with Crippen LogP contribution in [0.1, 0.15) is 42.6 Å². The first-order chi connectivity index (χ1) is 16.0. The summed E-state index contributed by atoms with van der Waals surface area (Å²) in [6.07, 6.45) is 1.35. The molecule has 0 aliphatic carbocycles. The van der Waals surface area contributed by atoms with Crippen molar-refractivity contribution in [1.29, 1.82) is 0 Å². The minimum absolute atomic E-state index is 0.127. The maximum atomic E-state index is 14.6. The second-order valence-corrected chi connectivity index (χ2v) is 7.11. The fraction of sp³-hybridized carbons (Fsp3) is 0.375. The zero-order valence-electron chi connectivity index (χ0n) is 18.9. The van der Waals surface area contributed by atoms with Gasteiger partial charge in [-0.25, -0.2) is 14.2 Å². The molecule has 0 bridgehead atoms. The third kappa shape index (κ3) is 6.00. The number of carbonyl (C=O) groups excluding carboxylic acids is 2. The van der Waals surface area contributed by atoms with Crippen LogP contribution in [0, 0.1) is 5.82 Å². The number of benzene rings is 2. The van der Waals surface area contributed by atoms with Crippen molar-refractivity contribution in [1.82, 2.24) is 5.01 Å². The van der Waals surface area contributed by atoms with Gasteiger partial charge in [-0.1, -0.05) is 0 Å². The molecule has 0 spiro atoms. The van der Waals surface area contributed by atoms with Gasteiger partial charge in [0.25, 0.3) is 5.91 Å². The van der Waals surface area contributed by atoms with E-state index >= 15 is 0 Å². The Labute approximate surface area is 191 Å². The molecule has 9 heteroatoms. The number of methoxy groups -OCH3 is 1. The van der Waals surface area contributed by atoms with Gasteiger partial charge in [-0.05, 0) is 57.0 Å². The largest absolute Gasteiger partial charge is 0.493 e. The van der Waals surface area contributed by atoms with E-state index in [0.717, 1.165) is 11.6 Å². The maximum Gasteiger partial charge on any atom is 0.344 e. The number of hydrazone groups is 1. The van der Waals surface area contributed by atoms with Gasteiger partial charge in [0.2, 0.25) is 0 Å². The van der Waals surface area contributed by atoms with Gasteiger partial charge in [0.15, 0.2) is 18.1 Å². The summed E-state index contributed by atoms with van der Waals surface area (Å²) < 4.78 is 35.6. The average molecular weight is 458 g/mol. The van der Waals surface area contributed by atoms with Gasteiger partial charge >= 0.3 is 5.97 Å². The Balaban J connectivity index is 1.77. The minimum Gasteiger partial charge on any atom is -0.493 e. The number of nitrogens with zero attached hydrogens (tertiary/aromatic N) is 2. The predicted octanol–water partition coefficient (Wildman–Crippen LogP) is 3.82. The van der Waals surface area contributed by atoms with E-state index in [1.54, 1.807) is 20.1 Å². The Morgan fingerprint density at radius 3 is 2.58 bits per heavy atom. The quantitative estimate of drug-likeness (QED) is 0.531. The number of carbonyl (C=O) groups is 2. The van der Waals surface area contributed by atoms with Gasteiger partial charge in [0.05, 0.1) is 31.6 Å². The van der Waals surface area contributed by atoms with E-state index in [9.17, 15) is 14.0 Å². The Kier molecular flexibility index (Phi) is 8.23. The maximum absolute atomic E-state index is 14.6. The molecule has 0 saturated heterocycles. The highest BCUT2D eigenvalue weighted by molar-refractivity contribution is 6.03. The van der Waals surface area contributed by atoms with Crippen molar-refractivity contribution < 1.29 is 32.9 Å². The van der Waals surface area contributed by atoms with E-state index < -0.39 is 17.7 Å². The van der Waals surface area contributed by atoms with Crippen LogP contribution in [0.3, 0.4) is 0 Å². The number of esters is 1. The summed E-state index contributed by atoms with van der Waals surface area (Å²) >= 11 is 0. The van der Waals surface area contributed by atoms with Crippen molar-refractivity contribution in [2.45, 2.75) is 26.7 Å². The molecule has 1 amide bonds. The van der Waals surface area contributed by atoms with Crippen molar-refractivity contribution >= 4 is 17.6 Å². The highest BCUT2D eigenvalue weighted by Gasteiger charge is 2.24. The lowest BCUT2D eigenvalue weighted by atomic mass is 10.0. The lowest BCUT2D eigenvalue weighted by molar-refractivity contribution is -0.145. The summed E-state index contributed by atoms with van der Waals surface area (Å²) in [4.78, 5) is 24.3. The van der Waals surface area contributed by atoms with Gasteiger partial charge < -0.3 is 18.9 Å². The molecule has 0 radical (unpaired) electrons. The molecule has 2 aromatic rings. The first-order valence-corrected chi connectivity index (χ1v) is 10.7. The van der Waals surface area contributed by atoms with Crippen LogP contribution in [0.25, 0.3) is 0 Å². The van der Waals surface area contributed by atoms with E-state index in [0.29, 0.717) is 43.2 Å². The standard InChI is InChI=1S/C24H27FN2O6/c1-4-31-22-13-16(8-11-21(22)30-3)20-7-6-12-27(26-20)24(29)18-10-9-17(14-19(18)25)33-15-23(28)32-5-2/h8-11,13-14H,4-7,12,15H2,1-3H3. The monoisotopic (exact) mass is 458 g/mol. The van der Waals surface area contributed by atoms with E-state index in [2.05, 4.69) is 5.10 Å². The third-order valence-electron chi connectivity index (χ3n) is 4.89. The summed E-state index contributed by atoms with van der Waals surface area (Å²) in [7, 11) is 1.57. The van der Waals surface area contributed by atoms with Crippen LogP contribution in [0.5, 0.6) is 17.2 Å². The molecule has 3 rings (SSSR count). The second kappa shape index (κ2) is 11.3. The van der Waals surface area contributed by atoms with Gasteiger partial charge in [-0.3, -0.25) is 4.79 Å². The van der Waals surface area contributed by atoms with Gasteiger partial charge in [0, 0.05) is 18.2 Å². The molecule has 1 aliphatic rings. The number of hydrogen-bond acceptors (Lipinski definition) is 7. The van der Waals surface area contributed by atoms with E-state index in [1.165, 1.54) is 17.1 Å². The van der Waals surface area contributed by atoms with Crippen LogP contribution in [0.2, 0.25) is 0 Å². The number of rotatable bonds is 9. The van der Waals surface area contributed by atoms with Crippen molar-refractivity contribution in [3.8, 4) is 17.2 Å². The Bertz CT molecular complexity index is 1040. The Hall–Kier alpha value is -3.62. The highest BCUT2D eigenvalue weighted by Crippen LogP contribution is 2.30. The molecule has 8 nitrogen and oxygen atoms in total. The smallest absolute Gasteiger partial charge is 0.344 e. The summed E-state index contributed by atoms with van der Waals surface area (Å²) in [6.45, 7) is 4.30. The SMILES string of the molecule is CCOC(=O)COc1ccc(C(=O)N2CCCC(c3ccc(OC)c(OCC)c3)=N2)c(F)c1. The molecule has 0 aromatic heterocycles. The number of hydrogen-bond donors (Lipinski definition) is 0. The molecule has 1 heterocycles. The molecule has 1 aliphatic heterocycles. The highest BCUT2D eigenvalue weighted by atomic mass is 19.1. The van der Waals surface area contributed by atoms with E-state index in [-0.39, 0.29) is 24.5 Å². The molecule has 0 N–H and O–H groups in total. The van der Waals surface area contributed by atoms with Crippen LogP contribution in [0.15, 0.2) is 41.5 Å². The van der Waals surface area contributed by atoms with Gasteiger partial charge in [0.1, 0.15) is 11.6 Å². The summed E-state index contributed by atoms with van der Waals surface area (Å²) in [5.74, 6) is -0.543. The topological polar surface area (TPSA) is 86.7 Å². The molecule has 2 aromatic carbocycles. The zero-order chi connectivity index (χ0) is 23.8. The molecule has 0 unspecified atom stereocenters. The van der Waals surface area contributed by atoms with Crippen LogP contribution in [-0.2, 0) is 9.53 Å². The van der Waals surface area contributed by atoms with Crippen LogP contribution in [0.4, 0.5) is 4.39 Å². The molecule has 176 valence electrons. The molecular weight excluding hydrogens is 431 g/mol. The number of amides is 1. The third-order valence-corrected chi connectivity index (χ3v) is 4.89. The molecule has 0 atom stereocenters. The summed E-state index contributed by atoms with van der Waals surface area (Å²) in [5.41, 5.74) is 1.38. The fourth-order valence-corrected chi connectivity index (χ4v) is 3.36. The van der Waals surface area contributed by atoms with Crippen LogP contribution >= 0.6 is 0 Å². The lowest BCUT2D eigenvalue weighted by Gasteiger charge is -2.24. The summed E-state index contributed by atoms with van der Waals surface area (Å²) in [6, 6.07) is 9.29. The summed E-state index contributed by atoms with van der Waals surface area (Å²) in [5, 5.41) is 5.74. The Morgan fingerprint density at radius 2 is 1.88 bits per heavy atom. The first kappa shape index (κ1) is 24.0. The lowest BCUT2D eigenvalue weighted by Crippen LogP contribution is -2.32. The molecule has 0 fully saturated rings. The minimum atomic E-state index is -0.758. The zero-order valence-corrected chi connectivity index (χ0v) is 18.9. The van der Waals surface area contributed by atoms with Crippen molar-refractivity contribution in [3.05, 3.63) is 53.3 Å². The molecule has 0 saturated carbocycles. The first-order valence-electron chi connectivity index (χ1n) is 10.7. The van der Waals surface area contributed by atoms with Crippen molar-refractivity contribution in [3.63, 3.8) is 0 Å². The number of ether oxygens (including phenoxy) is 4. The van der Waals surface area contributed by atoms with E-state index in [4.69, 9.17) is 18.9 Å². The number of halogens is 1. The Morgan fingerprint density at radius 1 is 1.06 bits per heavy atom. The van der Waals surface area contributed by atoms with E-state index in [1.807, 2.05) is 19.1 Å². The molecule has 33 heavy (non-hydrogen) atoms. The normalized spacial score (nSPS) is 13.2. The van der Waals surface area contributed by atoms with Gasteiger partial charge in [-0.15, -0.1) is 0 Å². The fourth-order valence-electron chi connectivity index (χ4n) is 3.36. The van der Waals surface area contributed by atoms with Crippen molar-refractivity contribution in [2.75, 3.05) is 33.5 Å². The van der Waals surface area contributed by atoms with Gasteiger partial charge in [-0.2, -0.15) is 5.10 Å². The molecular formula is C24H27FN2O6. The second-order valence-electron chi connectivity index (χ2n) is 7.11. The van der Waals surface area contributed by atoms with Crippen molar-refractivity contribution in [2.24, 2.45) is 5.10 Å². The van der Waals surface area contributed by atoms with Crippen LogP contribution in [-0.4, -0.2) is 56.1 Å². The van der Waals surface area contributed by atoms with Crippen LogP contribution < -0.4 is 14.2 Å².